The molecule has 18 heavy (non-hydrogen) atoms. The van der Waals surface area contributed by atoms with Gasteiger partial charge >= 0.3 is 6.03 Å². The first-order valence-electron chi connectivity index (χ1n) is 6.40. The van der Waals surface area contributed by atoms with Crippen molar-refractivity contribution < 1.29 is 9.90 Å². The van der Waals surface area contributed by atoms with Crippen molar-refractivity contribution in [2.75, 3.05) is 18.5 Å². The van der Waals surface area contributed by atoms with Crippen molar-refractivity contribution in [1.29, 1.82) is 0 Å². The fourth-order valence-electron chi connectivity index (χ4n) is 1.86. The summed E-state index contributed by atoms with van der Waals surface area (Å²) in [5, 5.41) is 11.6. The number of aliphatic hydroxyl groups excluding tert-OH is 1. The summed E-state index contributed by atoms with van der Waals surface area (Å²) in [5.74, 6) is 0. The van der Waals surface area contributed by atoms with E-state index in [9.17, 15) is 4.79 Å². The maximum atomic E-state index is 12.1. The normalized spacial score (nSPS) is 14.3. The Balaban J connectivity index is 1.87. The summed E-state index contributed by atoms with van der Waals surface area (Å²) in [7, 11) is 0. The van der Waals surface area contributed by atoms with Gasteiger partial charge in [0.25, 0.3) is 0 Å². The molecule has 0 aromatic carbocycles. The molecule has 1 aliphatic rings. The Morgan fingerprint density at radius 2 is 2.33 bits per heavy atom. The smallest absolute Gasteiger partial charge is 0.322 e. The highest BCUT2D eigenvalue weighted by Crippen LogP contribution is 2.27. The van der Waals surface area contributed by atoms with Gasteiger partial charge in [-0.3, -0.25) is 4.98 Å². The zero-order valence-electron chi connectivity index (χ0n) is 10.4. The lowest BCUT2D eigenvalue weighted by Crippen LogP contribution is -2.37. The van der Waals surface area contributed by atoms with Crippen LogP contribution in [0.25, 0.3) is 0 Å². The minimum absolute atomic E-state index is 0.0663. The van der Waals surface area contributed by atoms with Crippen LogP contribution < -0.4 is 5.32 Å². The molecule has 0 radical (unpaired) electrons. The van der Waals surface area contributed by atoms with E-state index in [1.807, 2.05) is 11.0 Å². The van der Waals surface area contributed by atoms with Crippen molar-refractivity contribution in [3.63, 3.8) is 0 Å². The van der Waals surface area contributed by atoms with Crippen LogP contribution in [0.4, 0.5) is 10.5 Å². The lowest BCUT2D eigenvalue weighted by molar-refractivity contribution is 0.204. The van der Waals surface area contributed by atoms with Crippen LogP contribution in [0.3, 0.4) is 0 Å². The van der Waals surface area contributed by atoms with E-state index < -0.39 is 0 Å². The van der Waals surface area contributed by atoms with Crippen LogP contribution in [0.15, 0.2) is 24.5 Å². The molecule has 1 aromatic heterocycles. The van der Waals surface area contributed by atoms with Crippen LogP contribution in [0.2, 0.25) is 0 Å². The largest absolute Gasteiger partial charge is 0.396 e. The third-order valence-electron chi connectivity index (χ3n) is 2.97. The average molecular weight is 249 g/mol. The number of carbonyl (C=O) groups is 1. The summed E-state index contributed by atoms with van der Waals surface area (Å²) in [4.78, 5) is 17.9. The first kappa shape index (κ1) is 12.8. The first-order chi connectivity index (χ1) is 8.81. The van der Waals surface area contributed by atoms with Gasteiger partial charge in [-0.25, -0.2) is 4.79 Å². The molecule has 0 atom stereocenters. The number of amides is 2. The maximum absolute atomic E-state index is 12.1. The number of nitrogens with one attached hydrogen (secondary N) is 1. The number of hydrogen-bond donors (Lipinski definition) is 2. The monoisotopic (exact) mass is 249 g/mol. The van der Waals surface area contributed by atoms with Crippen LogP contribution in [0.1, 0.15) is 25.7 Å². The van der Waals surface area contributed by atoms with Crippen LogP contribution in [0, 0.1) is 0 Å². The van der Waals surface area contributed by atoms with Gasteiger partial charge in [0.05, 0.1) is 11.9 Å². The Labute approximate surface area is 107 Å². The van der Waals surface area contributed by atoms with E-state index in [0.29, 0.717) is 12.6 Å². The summed E-state index contributed by atoms with van der Waals surface area (Å²) < 4.78 is 0. The van der Waals surface area contributed by atoms with Gasteiger partial charge in [0.1, 0.15) is 0 Å². The Kier molecular flexibility index (Phi) is 4.52. The van der Waals surface area contributed by atoms with Gasteiger partial charge in [0.2, 0.25) is 0 Å². The van der Waals surface area contributed by atoms with Crippen LogP contribution in [-0.2, 0) is 0 Å². The van der Waals surface area contributed by atoms with E-state index in [1.54, 1.807) is 18.5 Å². The van der Waals surface area contributed by atoms with E-state index in [1.165, 1.54) is 0 Å². The highest BCUT2D eigenvalue weighted by Gasteiger charge is 2.32. The topological polar surface area (TPSA) is 65.5 Å². The average Bonchev–Trinajstić information content (AvgIpc) is 3.20. The second-order valence-corrected chi connectivity index (χ2v) is 4.53. The second-order valence-electron chi connectivity index (χ2n) is 4.53. The SMILES string of the molecule is O=C(Nc1cccnc1)N(CCCCO)C1CC1. The zero-order chi connectivity index (χ0) is 12.8. The third kappa shape index (κ3) is 3.70. The second kappa shape index (κ2) is 6.35. The Morgan fingerprint density at radius 3 is 2.94 bits per heavy atom. The Bertz CT molecular complexity index is 379. The molecule has 2 amide bonds. The summed E-state index contributed by atoms with van der Waals surface area (Å²) in [6, 6.07) is 3.93. The lowest BCUT2D eigenvalue weighted by atomic mass is 10.3. The third-order valence-corrected chi connectivity index (χ3v) is 2.97. The minimum Gasteiger partial charge on any atom is -0.396 e. The van der Waals surface area contributed by atoms with Crippen molar-refractivity contribution in [3.05, 3.63) is 24.5 Å². The predicted molar refractivity (Wildman–Crippen MR) is 69.3 cm³/mol. The van der Waals surface area contributed by atoms with Crippen molar-refractivity contribution in [3.8, 4) is 0 Å². The van der Waals surface area contributed by atoms with Crippen molar-refractivity contribution in [1.82, 2.24) is 9.88 Å². The quantitative estimate of drug-likeness (QED) is 0.756. The summed E-state index contributed by atoms with van der Waals surface area (Å²) in [5.41, 5.74) is 0.718. The van der Waals surface area contributed by atoms with Crippen LogP contribution in [-0.4, -0.2) is 40.2 Å². The van der Waals surface area contributed by atoms with E-state index in [-0.39, 0.29) is 12.6 Å². The van der Waals surface area contributed by atoms with Crippen LogP contribution >= 0.6 is 0 Å². The standard InChI is InChI=1S/C13H19N3O2/c17-9-2-1-8-16(12-5-6-12)13(18)15-11-4-3-7-14-10-11/h3-4,7,10,12,17H,1-2,5-6,8-9H2,(H,15,18). The summed E-state index contributed by atoms with van der Waals surface area (Å²) >= 11 is 0. The zero-order valence-corrected chi connectivity index (χ0v) is 10.4. The molecule has 1 aromatic rings. The molecule has 0 unspecified atom stereocenters. The lowest BCUT2D eigenvalue weighted by Gasteiger charge is -2.22. The molecule has 0 aliphatic heterocycles. The number of aromatic nitrogens is 1. The molecule has 0 saturated heterocycles. The van der Waals surface area contributed by atoms with Crippen LogP contribution in [0.5, 0.6) is 0 Å². The number of aliphatic hydroxyl groups is 1. The molecule has 1 aliphatic carbocycles. The number of urea groups is 1. The number of rotatable bonds is 6. The fraction of sp³-hybridized carbons (Fsp3) is 0.538. The minimum atomic E-state index is -0.0663. The van der Waals surface area contributed by atoms with Gasteiger partial charge in [0.15, 0.2) is 0 Å². The highest BCUT2D eigenvalue weighted by molar-refractivity contribution is 5.89. The molecule has 1 fully saturated rings. The molecular weight excluding hydrogens is 230 g/mol. The molecular formula is C13H19N3O2. The van der Waals surface area contributed by atoms with Crippen molar-refractivity contribution >= 4 is 11.7 Å². The molecule has 0 spiro atoms. The molecule has 2 N–H and O–H groups in total. The van der Waals surface area contributed by atoms with E-state index in [0.717, 1.165) is 31.4 Å². The van der Waals surface area contributed by atoms with Gasteiger partial charge in [-0.05, 0) is 37.8 Å². The summed E-state index contributed by atoms with van der Waals surface area (Å²) in [6.45, 7) is 0.889. The van der Waals surface area contributed by atoms with E-state index >= 15 is 0 Å². The van der Waals surface area contributed by atoms with E-state index in [4.69, 9.17) is 5.11 Å². The summed E-state index contributed by atoms with van der Waals surface area (Å²) in [6.07, 6.45) is 7.06. The number of unbranched alkanes of at least 4 members (excludes halogenated alkanes) is 1. The molecule has 5 nitrogen and oxygen atoms in total. The molecule has 5 heteroatoms. The molecule has 0 bridgehead atoms. The van der Waals surface area contributed by atoms with Gasteiger partial charge in [-0.15, -0.1) is 0 Å². The Hall–Kier alpha value is -1.62. The molecule has 1 heterocycles. The molecule has 98 valence electrons. The highest BCUT2D eigenvalue weighted by atomic mass is 16.3. The maximum Gasteiger partial charge on any atom is 0.322 e. The number of carbonyl (C=O) groups excluding carboxylic acids is 1. The number of hydrogen-bond acceptors (Lipinski definition) is 3. The van der Waals surface area contributed by atoms with Crippen molar-refractivity contribution in [2.24, 2.45) is 0 Å². The number of nitrogens with zero attached hydrogens (tertiary/aromatic N) is 2. The predicted octanol–water partition coefficient (Wildman–Crippen LogP) is 1.85. The fourth-order valence-corrected chi connectivity index (χ4v) is 1.86. The van der Waals surface area contributed by atoms with Gasteiger partial charge in [0, 0.05) is 25.4 Å². The van der Waals surface area contributed by atoms with Gasteiger partial charge in [-0.1, -0.05) is 0 Å². The first-order valence-corrected chi connectivity index (χ1v) is 6.40. The molecule has 2 rings (SSSR count). The molecule has 1 saturated carbocycles. The van der Waals surface area contributed by atoms with E-state index in [2.05, 4.69) is 10.3 Å². The van der Waals surface area contributed by atoms with Crippen molar-refractivity contribution in [2.45, 2.75) is 31.7 Å². The number of pyridine rings is 1. The number of anilines is 1. The van der Waals surface area contributed by atoms with Gasteiger partial charge in [-0.2, -0.15) is 0 Å². The van der Waals surface area contributed by atoms with Gasteiger partial charge < -0.3 is 15.3 Å². The Morgan fingerprint density at radius 1 is 1.50 bits per heavy atom.